The minimum Gasteiger partial charge on any atom is -0.389 e. The lowest BCUT2D eigenvalue weighted by Crippen LogP contribution is -2.10. The van der Waals surface area contributed by atoms with Gasteiger partial charge in [-0.05, 0) is 24.3 Å². The minimum absolute atomic E-state index is 0.406. The highest BCUT2D eigenvalue weighted by Gasteiger charge is 1.99. The number of rotatable bonds is 5. The molecule has 0 bridgehead atoms. The Bertz CT molecular complexity index is 481. The van der Waals surface area contributed by atoms with Gasteiger partial charge in [0.15, 0.2) is 5.82 Å². The first kappa shape index (κ1) is 11.5. The average molecular weight is 248 g/mol. The number of aromatic nitrogens is 2. The van der Waals surface area contributed by atoms with Gasteiger partial charge in [0, 0.05) is 24.2 Å². The first-order valence-corrected chi connectivity index (χ1v) is 5.55. The second-order valence-electron chi connectivity index (χ2n) is 3.47. The van der Waals surface area contributed by atoms with Gasteiger partial charge in [-0.25, -0.2) is 0 Å². The van der Waals surface area contributed by atoms with Crippen molar-refractivity contribution in [2.75, 3.05) is 11.9 Å². The summed E-state index contributed by atoms with van der Waals surface area (Å²) in [6, 6.07) is 7.65. The van der Waals surface area contributed by atoms with Gasteiger partial charge in [-0.3, -0.25) is 0 Å². The molecule has 0 amide bonds. The molecule has 5 nitrogen and oxygen atoms in total. The highest BCUT2D eigenvalue weighted by molar-refractivity contribution is 7.80. The van der Waals surface area contributed by atoms with E-state index in [4.69, 9.17) is 18.0 Å². The van der Waals surface area contributed by atoms with Crippen LogP contribution in [0.15, 0.2) is 35.2 Å². The number of nitrogens with zero attached hydrogens (tertiary/aromatic N) is 2. The number of nitrogens with one attached hydrogen (secondary N) is 1. The van der Waals surface area contributed by atoms with E-state index in [0.717, 1.165) is 17.8 Å². The molecular formula is C11H12N4OS. The van der Waals surface area contributed by atoms with Crippen LogP contribution < -0.4 is 11.1 Å². The molecule has 17 heavy (non-hydrogen) atoms. The fourth-order valence-corrected chi connectivity index (χ4v) is 1.51. The number of anilines is 1. The van der Waals surface area contributed by atoms with Gasteiger partial charge in [0.1, 0.15) is 4.99 Å². The van der Waals surface area contributed by atoms with Crippen LogP contribution >= 0.6 is 12.2 Å². The van der Waals surface area contributed by atoms with E-state index in [-0.39, 0.29) is 0 Å². The molecule has 0 unspecified atom stereocenters. The van der Waals surface area contributed by atoms with Crippen LogP contribution in [-0.2, 0) is 6.42 Å². The van der Waals surface area contributed by atoms with Gasteiger partial charge in [-0.1, -0.05) is 17.4 Å². The quantitative estimate of drug-likeness (QED) is 0.778. The topological polar surface area (TPSA) is 77.0 Å². The standard InChI is InChI=1S/C11H12N4OS/c12-11(17)8-1-3-9(4-2-8)13-6-5-10-14-7-16-15-10/h1-4,7,13H,5-6H2,(H2,12,17). The molecule has 0 fully saturated rings. The fourth-order valence-electron chi connectivity index (χ4n) is 1.37. The van der Waals surface area contributed by atoms with Crippen molar-refractivity contribution in [3.05, 3.63) is 42.0 Å². The van der Waals surface area contributed by atoms with E-state index in [0.29, 0.717) is 17.2 Å². The van der Waals surface area contributed by atoms with Crippen molar-refractivity contribution in [2.45, 2.75) is 6.42 Å². The van der Waals surface area contributed by atoms with Gasteiger partial charge in [0.25, 0.3) is 0 Å². The van der Waals surface area contributed by atoms with Crippen molar-refractivity contribution in [3.63, 3.8) is 0 Å². The monoisotopic (exact) mass is 248 g/mol. The fraction of sp³-hybridized carbons (Fsp3) is 0.182. The lowest BCUT2D eigenvalue weighted by Gasteiger charge is -2.05. The summed E-state index contributed by atoms with van der Waals surface area (Å²) in [7, 11) is 0. The van der Waals surface area contributed by atoms with Gasteiger partial charge >= 0.3 is 0 Å². The molecule has 1 aromatic carbocycles. The molecular weight excluding hydrogens is 236 g/mol. The molecule has 1 heterocycles. The van der Waals surface area contributed by atoms with Crippen LogP contribution in [0.3, 0.4) is 0 Å². The molecule has 0 saturated heterocycles. The maximum Gasteiger partial charge on any atom is 0.213 e. The maximum atomic E-state index is 5.51. The van der Waals surface area contributed by atoms with E-state index in [2.05, 4.69) is 20.0 Å². The smallest absolute Gasteiger partial charge is 0.213 e. The van der Waals surface area contributed by atoms with Gasteiger partial charge < -0.3 is 15.6 Å². The predicted molar refractivity (Wildman–Crippen MR) is 68.8 cm³/mol. The van der Waals surface area contributed by atoms with Crippen molar-refractivity contribution >= 4 is 22.9 Å². The highest BCUT2D eigenvalue weighted by atomic mass is 32.1. The molecule has 0 saturated carbocycles. The van der Waals surface area contributed by atoms with E-state index in [1.54, 1.807) is 0 Å². The van der Waals surface area contributed by atoms with Crippen LogP contribution in [-0.4, -0.2) is 21.7 Å². The Balaban J connectivity index is 1.85. The van der Waals surface area contributed by atoms with Gasteiger partial charge in [-0.2, -0.15) is 4.98 Å². The zero-order valence-electron chi connectivity index (χ0n) is 9.09. The molecule has 0 radical (unpaired) electrons. The zero-order valence-corrected chi connectivity index (χ0v) is 9.91. The maximum absolute atomic E-state index is 5.51. The van der Waals surface area contributed by atoms with Crippen LogP contribution in [0.25, 0.3) is 0 Å². The molecule has 2 rings (SSSR count). The Morgan fingerprint density at radius 3 is 2.71 bits per heavy atom. The van der Waals surface area contributed by atoms with E-state index in [9.17, 15) is 0 Å². The van der Waals surface area contributed by atoms with E-state index >= 15 is 0 Å². The van der Waals surface area contributed by atoms with Gasteiger partial charge in [0.05, 0.1) is 0 Å². The minimum atomic E-state index is 0.406. The Labute approximate surface area is 104 Å². The lowest BCUT2D eigenvalue weighted by atomic mass is 10.2. The summed E-state index contributed by atoms with van der Waals surface area (Å²) in [6.07, 6.45) is 2.04. The number of hydrogen-bond acceptors (Lipinski definition) is 5. The normalized spacial score (nSPS) is 10.1. The summed E-state index contributed by atoms with van der Waals surface area (Å²) in [5.74, 6) is 0.692. The SMILES string of the molecule is NC(=S)c1ccc(NCCc2ncon2)cc1. The van der Waals surface area contributed by atoms with Gasteiger partial charge in [0.2, 0.25) is 6.39 Å². The summed E-state index contributed by atoms with van der Waals surface area (Å²) in [5.41, 5.74) is 7.38. The number of nitrogens with two attached hydrogens (primary N) is 1. The molecule has 0 aliphatic heterocycles. The second kappa shape index (κ2) is 5.40. The predicted octanol–water partition coefficient (Wildman–Crippen LogP) is 1.36. The molecule has 88 valence electrons. The summed E-state index contributed by atoms with van der Waals surface area (Å²) >= 11 is 4.88. The molecule has 0 spiro atoms. The number of hydrogen-bond donors (Lipinski definition) is 2. The van der Waals surface area contributed by atoms with Crippen molar-refractivity contribution in [1.29, 1.82) is 0 Å². The first-order valence-electron chi connectivity index (χ1n) is 5.14. The molecule has 0 atom stereocenters. The number of thiocarbonyl (C=S) groups is 1. The summed E-state index contributed by atoms with van der Waals surface area (Å²) in [5, 5.41) is 6.97. The molecule has 1 aromatic heterocycles. The lowest BCUT2D eigenvalue weighted by molar-refractivity contribution is 0.410. The summed E-state index contributed by atoms with van der Waals surface area (Å²) < 4.78 is 4.64. The first-order chi connectivity index (χ1) is 8.25. The van der Waals surface area contributed by atoms with Crippen LogP contribution in [0.5, 0.6) is 0 Å². The largest absolute Gasteiger partial charge is 0.389 e. The third kappa shape index (κ3) is 3.25. The van der Waals surface area contributed by atoms with Crippen molar-refractivity contribution in [2.24, 2.45) is 5.73 Å². The molecule has 3 N–H and O–H groups in total. The second-order valence-corrected chi connectivity index (χ2v) is 3.91. The van der Waals surface area contributed by atoms with Crippen molar-refractivity contribution < 1.29 is 4.52 Å². The van der Waals surface area contributed by atoms with Crippen LogP contribution in [0.1, 0.15) is 11.4 Å². The zero-order chi connectivity index (χ0) is 12.1. The van der Waals surface area contributed by atoms with Crippen molar-refractivity contribution in [3.8, 4) is 0 Å². The summed E-state index contributed by atoms with van der Waals surface area (Å²) in [4.78, 5) is 4.34. The molecule has 0 aliphatic carbocycles. The Morgan fingerprint density at radius 1 is 1.35 bits per heavy atom. The van der Waals surface area contributed by atoms with Crippen LogP contribution in [0.4, 0.5) is 5.69 Å². The van der Waals surface area contributed by atoms with Crippen molar-refractivity contribution in [1.82, 2.24) is 10.1 Å². The Hall–Kier alpha value is -1.95. The molecule has 6 heteroatoms. The Kier molecular flexibility index (Phi) is 3.66. The third-order valence-electron chi connectivity index (χ3n) is 2.25. The van der Waals surface area contributed by atoms with Crippen LogP contribution in [0.2, 0.25) is 0 Å². The van der Waals surface area contributed by atoms with Gasteiger partial charge in [-0.15, -0.1) is 0 Å². The van der Waals surface area contributed by atoms with E-state index in [1.165, 1.54) is 6.39 Å². The molecule has 0 aliphatic rings. The van der Waals surface area contributed by atoms with E-state index in [1.807, 2.05) is 24.3 Å². The molecule has 2 aromatic rings. The summed E-state index contributed by atoms with van der Waals surface area (Å²) in [6.45, 7) is 0.742. The average Bonchev–Trinajstić information content (AvgIpc) is 2.83. The number of benzene rings is 1. The van der Waals surface area contributed by atoms with E-state index < -0.39 is 0 Å². The van der Waals surface area contributed by atoms with Crippen LogP contribution in [0, 0.1) is 0 Å². The highest BCUT2D eigenvalue weighted by Crippen LogP contribution is 2.09. The Morgan fingerprint density at radius 2 is 2.12 bits per heavy atom. The third-order valence-corrected chi connectivity index (χ3v) is 2.49.